The molecule has 1 fully saturated rings. The van der Waals surface area contributed by atoms with Crippen molar-refractivity contribution in [2.75, 3.05) is 6.54 Å². The van der Waals surface area contributed by atoms with Gasteiger partial charge in [0.05, 0.1) is 0 Å². The van der Waals surface area contributed by atoms with Gasteiger partial charge in [0.1, 0.15) is 5.82 Å². The maximum absolute atomic E-state index is 13.5. The van der Waals surface area contributed by atoms with Gasteiger partial charge in [-0.2, -0.15) is 0 Å². The molecule has 3 heteroatoms. The molecule has 1 saturated carbocycles. The summed E-state index contributed by atoms with van der Waals surface area (Å²) < 4.78 is 14.5. The molecule has 1 aliphatic rings. The van der Waals surface area contributed by atoms with Gasteiger partial charge >= 0.3 is 0 Å². The second-order valence-electron chi connectivity index (χ2n) is 6.33. The van der Waals surface area contributed by atoms with Crippen LogP contribution in [0, 0.1) is 17.7 Å². The highest BCUT2D eigenvalue weighted by molar-refractivity contribution is 9.10. The lowest BCUT2D eigenvalue weighted by molar-refractivity contribution is 0.195. The van der Waals surface area contributed by atoms with E-state index in [0.717, 1.165) is 28.9 Å². The van der Waals surface area contributed by atoms with E-state index in [2.05, 4.69) is 35.1 Å². The van der Waals surface area contributed by atoms with E-state index in [-0.39, 0.29) is 5.82 Å². The summed E-state index contributed by atoms with van der Waals surface area (Å²) >= 11 is 3.57. The van der Waals surface area contributed by atoms with Gasteiger partial charge in [-0.05, 0) is 67.8 Å². The SMILES string of the molecule is CCCC1CCC(NCC)C(Cc2cc(F)ccc2Br)C1. The molecule has 1 nitrogen and oxygen atoms in total. The van der Waals surface area contributed by atoms with Crippen molar-refractivity contribution in [1.29, 1.82) is 0 Å². The summed E-state index contributed by atoms with van der Waals surface area (Å²) in [6, 6.07) is 5.63. The summed E-state index contributed by atoms with van der Waals surface area (Å²) in [6.45, 7) is 5.46. The van der Waals surface area contributed by atoms with Crippen molar-refractivity contribution < 1.29 is 4.39 Å². The Kier molecular flexibility index (Phi) is 6.69. The largest absolute Gasteiger partial charge is 0.314 e. The molecular weight excluding hydrogens is 329 g/mol. The van der Waals surface area contributed by atoms with E-state index in [0.29, 0.717) is 12.0 Å². The van der Waals surface area contributed by atoms with Crippen molar-refractivity contribution in [2.45, 2.75) is 58.4 Å². The minimum absolute atomic E-state index is 0.130. The number of hydrogen-bond donors (Lipinski definition) is 1. The number of halogens is 2. The van der Waals surface area contributed by atoms with Crippen molar-refractivity contribution >= 4 is 15.9 Å². The van der Waals surface area contributed by atoms with Crippen molar-refractivity contribution in [3.8, 4) is 0 Å². The number of rotatable bonds is 6. The monoisotopic (exact) mass is 355 g/mol. The Morgan fingerprint density at radius 2 is 2.10 bits per heavy atom. The quantitative estimate of drug-likeness (QED) is 0.727. The van der Waals surface area contributed by atoms with Gasteiger partial charge in [-0.25, -0.2) is 4.39 Å². The lowest BCUT2D eigenvalue weighted by atomic mass is 9.74. The van der Waals surface area contributed by atoms with Crippen LogP contribution in [0.15, 0.2) is 22.7 Å². The molecule has 118 valence electrons. The first-order chi connectivity index (χ1) is 10.1. The zero-order chi connectivity index (χ0) is 15.2. The molecule has 3 atom stereocenters. The lowest BCUT2D eigenvalue weighted by Gasteiger charge is -2.37. The van der Waals surface area contributed by atoms with Crippen LogP contribution in [-0.2, 0) is 6.42 Å². The number of hydrogen-bond acceptors (Lipinski definition) is 1. The van der Waals surface area contributed by atoms with E-state index in [9.17, 15) is 4.39 Å². The molecule has 0 aromatic heterocycles. The van der Waals surface area contributed by atoms with Gasteiger partial charge < -0.3 is 5.32 Å². The molecule has 3 unspecified atom stereocenters. The second kappa shape index (κ2) is 8.28. The van der Waals surface area contributed by atoms with Crippen molar-refractivity contribution in [3.05, 3.63) is 34.1 Å². The van der Waals surface area contributed by atoms with Gasteiger partial charge in [0.25, 0.3) is 0 Å². The molecule has 1 aromatic carbocycles. The highest BCUT2D eigenvalue weighted by atomic mass is 79.9. The van der Waals surface area contributed by atoms with E-state index in [1.807, 2.05) is 6.07 Å². The predicted molar refractivity (Wildman–Crippen MR) is 91.0 cm³/mol. The molecule has 0 saturated heterocycles. The van der Waals surface area contributed by atoms with Crippen LogP contribution in [0.1, 0.15) is 51.5 Å². The summed E-state index contributed by atoms with van der Waals surface area (Å²) in [5, 5.41) is 3.64. The maximum Gasteiger partial charge on any atom is 0.123 e. The summed E-state index contributed by atoms with van der Waals surface area (Å²) in [5.41, 5.74) is 1.11. The van der Waals surface area contributed by atoms with Crippen LogP contribution in [0.4, 0.5) is 4.39 Å². The van der Waals surface area contributed by atoms with Crippen LogP contribution in [0.2, 0.25) is 0 Å². The molecule has 0 spiro atoms. The first kappa shape index (κ1) is 17.0. The molecule has 1 aromatic rings. The van der Waals surface area contributed by atoms with E-state index in [1.54, 1.807) is 6.07 Å². The van der Waals surface area contributed by atoms with Crippen LogP contribution in [0.3, 0.4) is 0 Å². The van der Waals surface area contributed by atoms with Gasteiger partial charge in [-0.3, -0.25) is 0 Å². The zero-order valence-electron chi connectivity index (χ0n) is 13.2. The Hall–Kier alpha value is -0.410. The average Bonchev–Trinajstić information content (AvgIpc) is 2.46. The van der Waals surface area contributed by atoms with E-state index < -0.39 is 0 Å². The van der Waals surface area contributed by atoms with Crippen LogP contribution >= 0.6 is 15.9 Å². The molecular formula is C18H27BrFN. The van der Waals surface area contributed by atoms with Gasteiger partial charge in [-0.1, -0.05) is 42.6 Å². The molecule has 1 aliphatic carbocycles. The summed E-state index contributed by atoms with van der Waals surface area (Å²) in [7, 11) is 0. The Balaban J connectivity index is 2.09. The molecule has 0 heterocycles. The van der Waals surface area contributed by atoms with Gasteiger partial charge in [0, 0.05) is 10.5 Å². The first-order valence-corrected chi connectivity index (χ1v) is 9.10. The molecule has 0 amide bonds. The fraction of sp³-hybridized carbons (Fsp3) is 0.667. The smallest absolute Gasteiger partial charge is 0.123 e. The number of nitrogens with one attached hydrogen (secondary N) is 1. The van der Waals surface area contributed by atoms with E-state index >= 15 is 0 Å². The van der Waals surface area contributed by atoms with Crippen molar-refractivity contribution in [1.82, 2.24) is 5.32 Å². The standard InChI is InChI=1S/C18H27BrFN/c1-3-5-13-6-9-18(21-4-2)15(10-13)11-14-12-16(20)7-8-17(14)19/h7-8,12-13,15,18,21H,3-6,9-11H2,1-2H3. The van der Waals surface area contributed by atoms with Crippen molar-refractivity contribution in [3.63, 3.8) is 0 Å². The van der Waals surface area contributed by atoms with Gasteiger partial charge in [0.15, 0.2) is 0 Å². The average molecular weight is 356 g/mol. The van der Waals surface area contributed by atoms with Crippen LogP contribution in [-0.4, -0.2) is 12.6 Å². The topological polar surface area (TPSA) is 12.0 Å². The fourth-order valence-corrected chi connectivity index (χ4v) is 4.18. The molecule has 1 N–H and O–H groups in total. The third kappa shape index (κ3) is 4.79. The Morgan fingerprint density at radius 3 is 2.81 bits per heavy atom. The first-order valence-electron chi connectivity index (χ1n) is 8.31. The van der Waals surface area contributed by atoms with Crippen LogP contribution in [0.25, 0.3) is 0 Å². The number of benzene rings is 1. The summed E-state index contributed by atoms with van der Waals surface area (Å²) in [4.78, 5) is 0. The fourth-order valence-electron chi connectivity index (χ4n) is 3.77. The maximum atomic E-state index is 13.5. The highest BCUT2D eigenvalue weighted by Gasteiger charge is 2.30. The van der Waals surface area contributed by atoms with Crippen LogP contribution < -0.4 is 5.32 Å². The van der Waals surface area contributed by atoms with E-state index in [4.69, 9.17) is 0 Å². The van der Waals surface area contributed by atoms with Crippen LogP contribution in [0.5, 0.6) is 0 Å². The minimum atomic E-state index is -0.130. The molecule has 0 bridgehead atoms. The predicted octanol–water partition coefficient (Wildman–Crippen LogP) is 5.33. The lowest BCUT2D eigenvalue weighted by Crippen LogP contribution is -2.41. The second-order valence-corrected chi connectivity index (χ2v) is 7.19. The molecule has 0 radical (unpaired) electrons. The minimum Gasteiger partial charge on any atom is -0.314 e. The van der Waals surface area contributed by atoms with Gasteiger partial charge in [-0.15, -0.1) is 0 Å². The molecule has 2 rings (SSSR count). The van der Waals surface area contributed by atoms with Crippen molar-refractivity contribution in [2.24, 2.45) is 11.8 Å². The third-order valence-corrected chi connectivity index (χ3v) is 5.52. The zero-order valence-corrected chi connectivity index (χ0v) is 14.8. The Labute approximate surface area is 136 Å². The molecule has 21 heavy (non-hydrogen) atoms. The Morgan fingerprint density at radius 1 is 1.29 bits per heavy atom. The summed E-state index contributed by atoms with van der Waals surface area (Å²) in [5.74, 6) is 1.34. The summed E-state index contributed by atoms with van der Waals surface area (Å²) in [6.07, 6.45) is 7.44. The van der Waals surface area contributed by atoms with Gasteiger partial charge in [0.2, 0.25) is 0 Å². The normalized spacial score (nSPS) is 26.0. The highest BCUT2D eigenvalue weighted by Crippen LogP contribution is 2.35. The third-order valence-electron chi connectivity index (χ3n) is 4.74. The Bertz CT molecular complexity index is 449. The van der Waals surface area contributed by atoms with E-state index in [1.165, 1.54) is 38.2 Å². The molecule has 0 aliphatic heterocycles.